The predicted octanol–water partition coefficient (Wildman–Crippen LogP) is 1.42. The number of aliphatic carboxylic acids is 2. The Labute approximate surface area is 165 Å². The molecular weight excluding hydrogens is 409 g/mol. The van der Waals surface area contributed by atoms with Crippen LogP contribution in [0.25, 0.3) is 10.9 Å². The lowest BCUT2D eigenvalue weighted by molar-refractivity contribution is -0.382. The number of aromatic carboxylic acids is 1. The third-order valence-electron chi connectivity index (χ3n) is 4.59. The fraction of sp³-hybridized carbons (Fsp3) is 0.294. The highest BCUT2D eigenvalue weighted by Gasteiger charge is 2.35. The van der Waals surface area contributed by atoms with Gasteiger partial charge in [-0.2, -0.15) is 0 Å². The second-order valence-electron chi connectivity index (χ2n) is 6.68. The molecule has 0 saturated heterocycles. The highest BCUT2D eigenvalue weighted by atomic mass is 19.1. The molecule has 1 aromatic heterocycles. The van der Waals surface area contributed by atoms with Crippen molar-refractivity contribution in [2.75, 3.05) is 5.32 Å². The number of carboxylic acid groups (broad SMARTS) is 3. The smallest absolute Gasteiger partial charge is 0.341 e. The van der Waals surface area contributed by atoms with E-state index in [-0.39, 0.29) is 11.6 Å². The first-order valence-corrected chi connectivity index (χ1v) is 8.53. The normalized spacial score (nSPS) is 14.3. The Kier molecular flexibility index (Phi) is 5.12. The van der Waals surface area contributed by atoms with Crippen LogP contribution in [-0.4, -0.2) is 48.8 Å². The first kappa shape index (κ1) is 20.7. The van der Waals surface area contributed by atoms with Crippen molar-refractivity contribution in [2.45, 2.75) is 31.3 Å². The molecule has 1 aromatic carbocycles. The molecule has 1 aliphatic carbocycles. The van der Waals surface area contributed by atoms with Crippen LogP contribution in [0.1, 0.15) is 35.7 Å². The Bertz CT molecular complexity index is 1170. The van der Waals surface area contributed by atoms with E-state index in [1.807, 2.05) is 5.32 Å². The Morgan fingerprint density at radius 2 is 1.93 bits per heavy atom. The van der Waals surface area contributed by atoms with E-state index in [4.69, 9.17) is 5.11 Å². The molecule has 12 nitrogen and oxygen atoms in total. The van der Waals surface area contributed by atoms with Crippen LogP contribution in [0.15, 0.2) is 17.1 Å². The van der Waals surface area contributed by atoms with Crippen molar-refractivity contribution < 1.29 is 39.0 Å². The van der Waals surface area contributed by atoms with Gasteiger partial charge >= 0.3 is 23.6 Å². The Balaban J connectivity index is 2.36. The molecule has 1 fully saturated rings. The van der Waals surface area contributed by atoms with Crippen LogP contribution >= 0.6 is 0 Å². The molecule has 0 spiro atoms. The van der Waals surface area contributed by atoms with Crippen LogP contribution in [0.5, 0.6) is 0 Å². The van der Waals surface area contributed by atoms with Gasteiger partial charge in [-0.15, -0.1) is 0 Å². The van der Waals surface area contributed by atoms with Gasteiger partial charge in [-0.3, -0.25) is 19.7 Å². The molecule has 3 rings (SSSR count). The Morgan fingerprint density at radius 1 is 1.30 bits per heavy atom. The van der Waals surface area contributed by atoms with E-state index in [1.165, 1.54) is 4.57 Å². The van der Waals surface area contributed by atoms with Crippen molar-refractivity contribution in [3.8, 4) is 0 Å². The third-order valence-corrected chi connectivity index (χ3v) is 4.59. The SMILES string of the molecule is O=C(O)C[C@H](Nc1c(F)cc2c(=O)c(C(=O)O)cn(C3CC3)c2c1[N+](=O)[O-])C(=O)O. The molecule has 1 aliphatic rings. The highest BCUT2D eigenvalue weighted by molar-refractivity contribution is 5.99. The lowest BCUT2D eigenvalue weighted by Gasteiger charge is -2.18. The number of nitrogens with one attached hydrogen (secondary N) is 1. The summed E-state index contributed by atoms with van der Waals surface area (Å²) in [5.74, 6) is -6.21. The number of aromatic nitrogens is 1. The Hall–Kier alpha value is -4.03. The number of hydrogen-bond donors (Lipinski definition) is 4. The molecule has 4 N–H and O–H groups in total. The summed E-state index contributed by atoms with van der Waals surface area (Å²) in [6, 6.07) is -1.68. The van der Waals surface area contributed by atoms with Gasteiger partial charge in [0.05, 0.1) is 16.7 Å². The van der Waals surface area contributed by atoms with Crippen molar-refractivity contribution in [1.82, 2.24) is 4.57 Å². The van der Waals surface area contributed by atoms with Gasteiger partial charge in [-0.1, -0.05) is 0 Å². The molecule has 1 saturated carbocycles. The topological polar surface area (TPSA) is 189 Å². The lowest BCUT2D eigenvalue weighted by Crippen LogP contribution is -2.32. The number of fused-ring (bicyclic) bond motifs is 1. The maximum absolute atomic E-state index is 14.8. The fourth-order valence-electron chi connectivity index (χ4n) is 3.13. The van der Waals surface area contributed by atoms with E-state index >= 15 is 0 Å². The molecule has 30 heavy (non-hydrogen) atoms. The summed E-state index contributed by atoms with van der Waals surface area (Å²) in [5, 5.41) is 40.5. The summed E-state index contributed by atoms with van der Waals surface area (Å²) < 4.78 is 16.0. The van der Waals surface area contributed by atoms with Crippen LogP contribution in [-0.2, 0) is 9.59 Å². The van der Waals surface area contributed by atoms with Crippen LogP contribution in [0, 0.1) is 15.9 Å². The second-order valence-corrected chi connectivity index (χ2v) is 6.68. The van der Waals surface area contributed by atoms with Gasteiger partial charge < -0.3 is 25.2 Å². The number of benzene rings is 1. The summed E-state index contributed by atoms with van der Waals surface area (Å²) in [6.45, 7) is 0. The second kappa shape index (κ2) is 7.42. The minimum atomic E-state index is -1.90. The van der Waals surface area contributed by atoms with Crippen LogP contribution in [0.3, 0.4) is 0 Å². The predicted molar refractivity (Wildman–Crippen MR) is 97.4 cm³/mol. The van der Waals surface area contributed by atoms with Gasteiger partial charge in [-0.05, 0) is 18.9 Å². The van der Waals surface area contributed by atoms with Crippen molar-refractivity contribution in [3.05, 3.63) is 44.0 Å². The molecule has 13 heteroatoms. The average Bonchev–Trinajstić information content (AvgIpc) is 3.46. The molecule has 1 heterocycles. The van der Waals surface area contributed by atoms with Gasteiger partial charge in [0.15, 0.2) is 11.5 Å². The molecule has 0 aliphatic heterocycles. The van der Waals surface area contributed by atoms with Crippen molar-refractivity contribution in [3.63, 3.8) is 0 Å². The molecule has 0 unspecified atom stereocenters. The molecule has 0 radical (unpaired) electrons. The minimum absolute atomic E-state index is 0.363. The number of carbonyl (C=O) groups is 3. The maximum Gasteiger partial charge on any atom is 0.341 e. The van der Waals surface area contributed by atoms with Gasteiger partial charge in [0, 0.05) is 12.2 Å². The quantitative estimate of drug-likeness (QED) is 0.357. The zero-order valence-electron chi connectivity index (χ0n) is 15.0. The molecule has 0 bridgehead atoms. The summed E-state index contributed by atoms with van der Waals surface area (Å²) in [4.78, 5) is 56.8. The van der Waals surface area contributed by atoms with E-state index in [2.05, 4.69) is 0 Å². The van der Waals surface area contributed by atoms with Gasteiger partial charge in [0.2, 0.25) is 5.43 Å². The van der Waals surface area contributed by atoms with E-state index in [1.54, 1.807) is 0 Å². The van der Waals surface area contributed by atoms with Crippen LogP contribution in [0.2, 0.25) is 0 Å². The zero-order chi connectivity index (χ0) is 22.3. The monoisotopic (exact) mass is 423 g/mol. The number of nitro groups is 1. The molecule has 158 valence electrons. The fourth-order valence-corrected chi connectivity index (χ4v) is 3.13. The number of carboxylic acids is 3. The van der Waals surface area contributed by atoms with E-state index in [0.29, 0.717) is 18.9 Å². The number of rotatable bonds is 8. The van der Waals surface area contributed by atoms with Crippen LogP contribution in [0.4, 0.5) is 15.8 Å². The van der Waals surface area contributed by atoms with E-state index in [0.717, 1.165) is 6.20 Å². The molecular formula is C17H14FN3O9. The van der Waals surface area contributed by atoms with Crippen molar-refractivity contribution in [2.24, 2.45) is 0 Å². The largest absolute Gasteiger partial charge is 0.481 e. The molecule has 1 atom stereocenters. The van der Waals surface area contributed by atoms with Gasteiger partial charge in [-0.25, -0.2) is 14.0 Å². The maximum atomic E-state index is 14.8. The summed E-state index contributed by atoms with van der Waals surface area (Å²) in [7, 11) is 0. The lowest BCUT2D eigenvalue weighted by atomic mass is 10.1. The van der Waals surface area contributed by atoms with Crippen molar-refractivity contribution >= 4 is 40.2 Å². The number of nitrogens with zero attached hydrogens (tertiary/aromatic N) is 2. The number of pyridine rings is 1. The zero-order valence-corrected chi connectivity index (χ0v) is 15.0. The summed E-state index contributed by atoms with van der Waals surface area (Å²) in [6.07, 6.45) is 0.999. The van der Waals surface area contributed by atoms with Gasteiger partial charge in [0.1, 0.15) is 17.1 Å². The third kappa shape index (κ3) is 3.64. The van der Waals surface area contributed by atoms with Gasteiger partial charge in [0.25, 0.3) is 0 Å². The van der Waals surface area contributed by atoms with E-state index < -0.39 is 68.9 Å². The number of hydrogen-bond acceptors (Lipinski definition) is 7. The molecule has 0 amide bonds. The first-order chi connectivity index (χ1) is 14.0. The number of anilines is 1. The minimum Gasteiger partial charge on any atom is -0.481 e. The standard InChI is InChI=1S/C17H14FN3O9/c18-9-3-7-13(20(6-1-2-6)5-8(15(7)24)16(25)26)14(21(29)30)12(9)19-10(17(27)28)4-11(22)23/h3,5-6,10,19H,1-2,4H2,(H,22,23)(H,25,26)(H,27,28)/t10-/m0/s1. The summed E-state index contributed by atoms with van der Waals surface area (Å²) >= 11 is 0. The van der Waals surface area contributed by atoms with Crippen LogP contribution < -0.4 is 10.7 Å². The molecule has 2 aromatic rings. The highest BCUT2D eigenvalue weighted by Crippen LogP contribution is 2.42. The van der Waals surface area contributed by atoms with Crippen molar-refractivity contribution in [1.29, 1.82) is 0 Å². The summed E-state index contributed by atoms with van der Waals surface area (Å²) in [5.41, 5.74) is -4.09. The average molecular weight is 423 g/mol. The first-order valence-electron chi connectivity index (χ1n) is 8.53. The number of nitro benzene ring substituents is 1. The Morgan fingerprint density at radius 3 is 2.40 bits per heavy atom. The van der Waals surface area contributed by atoms with E-state index in [9.17, 15) is 43.9 Å². The number of halogens is 1.